The second-order valence-corrected chi connectivity index (χ2v) is 4.35. The summed E-state index contributed by atoms with van der Waals surface area (Å²) >= 11 is 0. The van der Waals surface area contributed by atoms with E-state index in [1.807, 2.05) is 13.0 Å². The Labute approximate surface area is 105 Å². The summed E-state index contributed by atoms with van der Waals surface area (Å²) in [5, 5.41) is 16.2. The Morgan fingerprint density at radius 3 is 3.11 bits per heavy atom. The van der Waals surface area contributed by atoms with Crippen LogP contribution >= 0.6 is 0 Å². The molecule has 0 saturated carbocycles. The third-order valence-corrected chi connectivity index (χ3v) is 2.80. The summed E-state index contributed by atoms with van der Waals surface area (Å²) in [5.41, 5.74) is 1.82. The van der Waals surface area contributed by atoms with Crippen LogP contribution in [0.3, 0.4) is 0 Å². The first-order valence-corrected chi connectivity index (χ1v) is 5.85. The summed E-state index contributed by atoms with van der Waals surface area (Å²) in [5.74, 6) is -0.400. The second kappa shape index (κ2) is 5.03. The molecule has 0 saturated heterocycles. The lowest BCUT2D eigenvalue weighted by Gasteiger charge is -2.08. The molecule has 1 unspecified atom stereocenters. The Bertz CT molecular complexity index is 564. The van der Waals surface area contributed by atoms with Gasteiger partial charge in [-0.1, -0.05) is 6.92 Å². The molecule has 0 aliphatic heterocycles. The Kier molecular flexibility index (Phi) is 3.45. The predicted molar refractivity (Wildman–Crippen MR) is 67.6 cm³/mol. The highest BCUT2D eigenvalue weighted by Crippen LogP contribution is 2.15. The molecule has 18 heavy (non-hydrogen) atoms. The van der Waals surface area contributed by atoms with Gasteiger partial charge in [-0.25, -0.2) is 9.50 Å². The fraction of sp³-hybridized carbons (Fsp3) is 0.417. The number of carboxylic acids is 1. The van der Waals surface area contributed by atoms with Gasteiger partial charge in [0.2, 0.25) is 0 Å². The normalized spacial score (nSPS) is 12.6. The lowest BCUT2D eigenvalue weighted by Crippen LogP contribution is -2.15. The number of carbonyl (C=O) groups is 1. The zero-order chi connectivity index (χ0) is 13.1. The highest BCUT2D eigenvalue weighted by molar-refractivity contribution is 5.70. The number of aromatic nitrogens is 3. The van der Waals surface area contributed by atoms with Gasteiger partial charge in [0.25, 0.3) is 0 Å². The first kappa shape index (κ1) is 12.3. The molecule has 0 aromatic carbocycles. The van der Waals surface area contributed by atoms with Crippen molar-refractivity contribution in [3.05, 3.63) is 24.2 Å². The van der Waals surface area contributed by atoms with Crippen molar-refractivity contribution < 1.29 is 9.90 Å². The van der Waals surface area contributed by atoms with Crippen LogP contribution in [-0.2, 0) is 4.79 Å². The fourth-order valence-corrected chi connectivity index (χ4v) is 1.71. The summed E-state index contributed by atoms with van der Waals surface area (Å²) in [6, 6.07) is 1.94. The molecule has 0 amide bonds. The fourth-order valence-electron chi connectivity index (χ4n) is 1.71. The Hall–Kier alpha value is -2.11. The Morgan fingerprint density at radius 2 is 2.39 bits per heavy atom. The van der Waals surface area contributed by atoms with Gasteiger partial charge < -0.3 is 10.4 Å². The van der Waals surface area contributed by atoms with Crippen molar-refractivity contribution in [1.29, 1.82) is 0 Å². The number of aliphatic carboxylic acids is 1. The molecule has 2 aromatic heterocycles. The third kappa shape index (κ3) is 2.58. The minimum atomic E-state index is -0.775. The molecule has 2 aromatic rings. The quantitative estimate of drug-likeness (QED) is 0.839. The van der Waals surface area contributed by atoms with E-state index in [-0.39, 0.29) is 5.92 Å². The van der Waals surface area contributed by atoms with Crippen LogP contribution in [0.4, 0.5) is 5.82 Å². The highest BCUT2D eigenvalue weighted by atomic mass is 16.4. The average molecular weight is 248 g/mol. The van der Waals surface area contributed by atoms with Gasteiger partial charge in [-0.3, -0.25) is 4.79 Å². The lowest BCUT2D eigenvalue weighted by atomic mass is 10.1. The summed E-state index contributed by atoms with van der Waals surface area (Å²) in [7, 11) is 0. The van der Waals surface area contributed by atoms with E-state index in [1.54, 1.807) is 23.8 Å². The van der Waals surface area contributed by atoms with E-state index >= 15 is 0 Å². The number of anilines is 1. The SMILES string of the molecule is Cc1cc2c(NCCC(C)C(=O)O)nccn2n1. The Morgan fingerprint density at radius 1 is 1.61 bits per heavy atom. The van der Waals surface area contributed by atoms with Crippen molar-refractivity contribution >= 4 is 17.3 Å². The Balaban J connectivity index is 2.05. The molecule has 2 heterocycles. The third-order valence-electron chi connectivity index (χ3n) is 2.80. The maximum Gasteiger partial charge on any atom is 0.306 e. The van der Waals surface area contributed by atoms with Gasteiger partial charge in [-0.05, 0) is 19.4 Å². The first-order chi connectivity index (χ1) is 8.58. The molecule has 0 aliphatic rings. The molecule has 0 fully saturated rings. The van der Waals surface area contributed by atoms with Crippen molar-refractivity contribution in [1.82, 2.24) is 14.6 Å². The molecule has 0 aliphatic carbocycles. The van der Waals surface area contributed by atoms with Crippen molar-refractivity contribution in [3.8, 4) is 0 Å². The number of hydrogen-bond donors (Lipinski definition) is 2. The summed E-state index contributed by atoms with van der Waals surface area (Å²) in [6.45, 7) is 4.19. The molecule has 2 N–H and O–H groups in total. The first-order valence-electron chi connectivity index (χ1n) is 5.85. The molecule has 0 radical (unpaired) electrons. The topological polar surface area (TPSA) is 79.5 Å². The highest BCUT2D eigenvalue weighted by Gasteiger charge is 2.11. The smallest absolute Gasteiger partial charge is 0.306 e. The van der Waals surface area contributed by atoms with E-state index in [2.05, 4.69) is 15.4 Å². The molecular formula is C12H16N4O2. The molecule has 6 nitrogen and oxygen atoms in total. The predicted octanol–water partition coefficient (Wildman–Crippen LogP) is 1.56. The van der Waals surface area contributed by atoms with Crippen LogP contribution in [0.5, 0.6) is 0 Å². The van der Waals surface area contributed by atoms with Crippen molar-refractivity contribution in [2.45, 2.75) is 20.3 Å². The number of aryl methyl sites for hydroxylation is 1. The van der Waals surface area contributed by atoms with Crippen LogP contribution in [0.15, 0.2) is 18.5 Å². The van der Waals surface area contributed by atoms with E-state index in [0.29, 0.717) is 13.0 Å². The summed E-state index contributed by atoms with van der Waals surface area (Å²) in [6.07, 6.45) is 4.01. The maximum absolute atomic E-state index is 10.7. The zero-order valence-corrected chi connectivity index (χ0v) is 10.4. The molecule has 0 spiro atoms. The van der Waals surface area contributed by atoms with Crippen LogP contribution < -0.4 is 5.32 Å². The minimum Gasteiger partial charge on any atom is -0.481 e. The van der Waals surface area contributed by atoms with Gasteiger partial charge >= 0.3 is 5.97 Å². The van der Waals surface area contributed by atoms with Crippen LogP contribution in [0.2, 0.25) is 0 Å². The van der Waals surface area contributed by atoms with Crippen molar-refractivity contribution in [2.75, 3.05) is 11.9 Å². The molecule has 0 bridgehead atoms. The number of nitrogens with one attached hydrogen (secondary N) is 1. The number of hydrogen-bond acceptors (Lipinski definition) is 4. The molecule has 2 rings (SSSR count). The van der Waals surface area contributed by atoms with Crippen LogP contribution in [0.25, 0.3) is 5.52 Å². The molecule has 1 atom stereocenters. The molecule has 6 heteroatoms. The van der Waals surface area contributed by atoms with Gasteiger partial charge in [0.15, 0.2) is 5.82 Å². The van der Waals surface area contributed by atoms with Crippen LogP contribution in [0.1, 0.15) is 19.0 Å². The van der Waals surface area contributed by atoms with Gasteiger partial charge in [-0.2, -0.15) is 5.10 Å². The maximum atomic E-state index is 10.7. The van der Waals surface area contributed by atoms with Crippen LogP contribution in [0, 0.1) is 12.8 Å². The van der Waals surface area contributed by atoms with Gasteiger partial charge in [0, 0.05) is 18.9 Å². The zero-order valence-electron chi connectivity index (χ0n) is 10.4. The molecule has 96 valence electrons. The number of rotatable bonds is 5. The minimum absolute atomic E-state index is 0.358. The number of carboxylic acid groups (broad SMARTS) is 1. The van der Waals surface area contributed by atoms with Crippen molar-refractivity contribution in [2.24, 2.45) is 5.92 Å². The number of nitrogens with zero attached hydrogens (tertiary/aromatic N) is 3. The number of fused-ring (bicyclic) bond motifs is 1. The summed E-state index contributed by atoms with van der Waals surface area (Å²) < 4.78 is 1.76. The van der Waals surface area contributed by atoms with Gasteiger partial charge in [-0.15, -0.1) is 0 Å². The van der Waals surface area contributed by atoms with E-state index in [1.165, 1.54) is 0 Å². The van der Waals surface area contributed by atoms with Gasteiger partial charge in [0.1, 0.15) is 5.52 Å². The van der Waals surface area contributed by atoms with E-state index in [4.69, 9.17) is 5.11 Å². The second-order valence-electron chi connectivity index (χ2n) is 4.35. The standard InChI is InChI=1S/C12H16N4O2/c1-8(12(17)18)3-4-13-11-10-7-9(2)15-16(10)6-5-14-11/h5-8H,3-4H2,1-2H3,(H,13,14)(H,17,18). The lowest BCUT2D eigenvalue weighted by molar-refractivity contribution is -0.141. The van der Waals surface area contributed by atoms with E-state index in [0.717, 1.165) is 17.0 Å². The van der Waals surface area contributed by atoms with E-state index in [9.17, 15) is 4.79 Å². The van der Waals surface area contributed by atoms with Crippen LogP contribution in [-0.4, -0.2) is 32.2 Å². The largest absolute Gasteiger partial charge is 0.481 e. The van der Waals surface area contributed by atoms with Gasteiger partial charge in [0.05, 0.1) is 11.6 Å². The average Bonchev–Trinajstić information content (AvgIpc) is 2.70. The van der Waals surface area contributed by atoms with E-state index < -0.39 is 5.97 Å². The molecular weight excluding hydrogens is 232 g/mol. The van der Waals surface area contributed by atoms with Crippen molar-refractivity contribution in [3.63, 3.8) is 0 Å². The monoisotopic (exact) mass is 248 g/mol. The summed E-state index contributed by atoms with van der Waals surface area (Å²) in [4.78, 5) is 14.9.